The molecule has 6 nitrogen and oxygen atoms in total. The van der Waals surface area contributed by atoms with Crippen molar-refractivity contribution in [2.45, 2.75) is 39.3 Å². The van der Waals surface area contributed by atoms with Gasteiger partial charge in [0.25, 0.3) is 5.91 Å². The summed E-state index contributed by atoms with van der Waals surface area (Å²) in [4.78, 5) is 35.7. The monoisotopic (exact) mass is 450 g/mol. The molecule has 1 atom stereocenters. The molecule has 0 radical (unpaired) electrons. The number of nitrogens with zero attached hydrogens (tertiary/aromatic N) is 1. The van der Waals surface area contributed by atoms with Gasteiger partial charge in [0, 0.05) is 29.1 Å². The van der Waals surface area contributed by atoms with E-state index in [4.69, 9.17) is 39.5 Å². The Balaban J connectivity index is 1.85. The highest BCUT2D eigenvalue weighted by Crippen LogP contribution is 2.33. The first kappa shape index (κ1) is 21.8. The van der Waals surface area contributed by atoms with Gasteiger partial charge in [0.1, 0.15) is 0 Å². The van der Waals surface area contributed by atoms with Crippen molar-refractivity contribution in [2.24, 2.45) is 0 Å². The second-order valence-electron chi connectivity index (χ2n) is 5.76. The zero-order valence-electron chi connectivity index (χ0n) is 14.6. The molecule has 0 aliphatic heterocycles. The number of hydrogen-bond donors (Lipinski definition) is 1. The number of aromatic nitrogens is 1. The number of esters is 1. The van der Waals surface area contributed by atoms with E-state index < -0.39 is 18.0 Å². The number of nitrogens with one attached hydrogen (secondary N) is 1. The van der Waals surface area contributed by atoms with Gasteiger partial charge < -0.3 is 14.6 Å². The number of benzene rings is 1. The molecule has 0 saturated carbocycles. The molecule has 0 aliphatic rings. The third kappa shape index (κ3) is 5.97. The molecule has 146 valence electrons. The van der Waals surface area contributed by atoms with E-state index in [9.17, 15) is 14.4 Å². The molecule has 0 spiro atoms. The van der Waals surface area contributed by atoms with Crippen LogP contribution in [0.4, 0.5) is 5.69 Å². The molecular weight excluding hydrogens is 435 g/mol. The molecule has 1 aromatic carbocycles. The Labute approximate surface area is 175 Å². The van der Waals surface area contributed by atoms with Crippen molar-refractivity contribution < 1.29 is 14.3 Å². The molecule has 0 unspecified atom stereocenters. The van der Waals surface area contributed by atoms with Gasteiger partial charge in [-0.15, -0.1) is 0 Å². The van der Waals surface area contributed by atoms with Crippen molar-refractivity contribution in [3.05, 3.63) is 47.9 Å². The van der Waals surface area contributed by atoms with Gasteiger partial charge in [-0.1, -0.05) is 46.1 Å². The number of halogens is 3. The van der Waals surface area contributed by atoms with E-state index in [0.717, 1.165) is 17.0 Å². The molecule has 1 amide bonds. The molecule has 1 aromatic heterocycles. The third-order valence-electron chi connectivity index (χ3n) is 3.67. The van der Waals surface area contributed by atoms with Gasteiger partial charge in [-0.25, -0.2) is 0 Å². The smallest absolute Gasteiger partial charge is 0.307 e. The van der Waals surface area contributed by atoms with Gasteiger partial charge in [0.2, 0.25) is 0 Å². The summed E-state index contributed by atoms with van der Waals surface area (Å²) in [5.41, 5.74) is 1.05. The quantitative estimate of drug-likeness (QED) is 0.627. The summed E-state index contributed by atoms with van der Waals surface area (Å²) in [5, 5.41) is 4.97. The first-order valence-corrected chi connectivity index (χ1v) is 10.00. The molecular formula is C17H17Cl3N2O4S. The van der Waals surface area contributed by atoms with E-state index in [-0.39, 0.29) is 27.0 Å². The van der Waals surface area contributed by atoms with Crippen LogP contribution in [0.3, 0.4) is 0 Å². The van der Waals surface area contributed by atoms with Gasteiger partial charge in [-0.05, 0) is 32.4 Å². The maximum atomic E-state index is 12.2. The highest BCUT2D eigenvalue weighted by atomic mass is 35.5. The van der Waals surface area contributed by atoms with Crippen LogP contribution in [0.25, 0.3) is 0 Å². The van der Waals surface area contributed by atoms with Gasteiger partial charge in [-0.3, -0.25) is 14.4 Å². The van der Waals surface area contributed by atoms with Gasteiger partial charge in [0.05, 0.1) is 15.7 Å². The van der Waals surface area contributed by atoms with Crippen LogP contribution < -0.4 is 10.2 Å². The molecule has 1 heterocycles. The summed E-state index contributed by atoms with van der Waals surface area (Å²) in [7, 11) is 0. The third-order valence-corrected chi connectivity index (χ3v) is 5.37. The van der Waals surface area contributed by atoms with E-state index in [2.05, 4.69) is 5.32 Å². The normalized spacial score (nSPS) is 11.9. The van der Waals surface area contributed by atoms with E-state index in [1.165, 1.54) is 19.1 Å². The number of hydrogen-bond acceptors (Lipinski definition) is 5. The molecule has 0 saturated heterocycles. The average molecular weight is 452 g/mol. The van der Waals surface area contributed by atoms with Crippen molar-refractivity contribution in [2.75, 3.05) is 5.32 Å². The first-order valence-electron chi connectivity index (χ1n) is 7.99. The van der Waals surface area contributed by atoms with Crippen LogP contribution in [0.5, 0.6) is 0 Å². The Morgan fingerprint density at radius 3 is 2.44 bits per heavy atom. The van der Waals surface area contributed by atoms with Gasteiger partial charge in [-0.2, -0.15) is 0 Å². The summed E-state index contributed by atoms with van der Waals surface area (Å²) in [5.74, 6) is -1.11. The lowest BCUT2D eigenvalue weighted by Gasteiger charge is -2.15. The number of carbonyl (C=O) groups excluding carboxylic acids is 2. The summed E-state index contributed by atoms with van der Waals surface area (Å²) in [6, 6.07) is 2.88. The maximum absolute atomic E-state index is 12.2. The second kappa shape index (κ2) is 9.59. The summed E-state index contributed by atoms with van der Waals surface area (Å²) >= 11 is 19.0. The Hall–Kier alpha value is -1.54. The molecule has 27 heavy (non-hydrogen) atoms. The number of amides is 1. The minimum atomic E-state index is -1.04. The van der Waals surface area contributed by atoms with Crippen LogP contribution >= 0.6 is 46.1 Å². The van der Waals surface area contributed by atoms with Gasteiger partial charge in [0.15, 0.2) is 6.10 Å². The fraction of sp³-hybridized carbons (Fsp3) is 0.353. The number of thiazole rings is 1. The van der Waals surface area contributed by atoms with Crippen molar-refractivity contribution in [1.82, 2.24) is 4.57 Å². The highest BCUT2D eigenvalue weighted by Gasteiger charge is 2.20. The lowest BCUT2D eigenvalue weighted by atomic mass is 10.2. The molecule has 2 aromatic rings. The molecule has 0 fully saturated rings. The van der Waals surface area contributed by atoms with Crippen LogP contribution in [0.2, 0.25) is 15.1 Å². The van der Waals surface area contributed by atoms with Crippen LogP contribution in [0, 0.1) is 6.92 Å². The zero-order valence-corrected chi connectivity index (χ0v) is 17.6. The number of ether oxygens (including phenoxy) is 1. The Morgan fingerprint density at radius 1 is 1.26 bits per heavy atom. The van der Waals surface area contributed by atoms with Crippen molar-refractivity contribution in [1.29, 1.82) is 0 Å². The molecule has 10 heteroatoms. The van der Waals surface area contributed by atoms with Crippen LogP contribution in [0.1, 0.15) is 25.5 Å². The summed E-state index contributed by atoms with van der Waals surface area (Å²) < 4.78 is 6.72. The fourth-order valence-electron chi connectivity index (χ4n) is 2.25. The number of aryl methyl sites for hydroxylation is 1. The number of carbonyl (C=O) groups is 2. The average Bonchev–Trinajstić information content (AvgIpc) is 2.89. The molecule has 2 rings (SSSR count). The maximum Gasteiger partial charge on any atom is 0.307 e. The Kier molecular flexibility index (Phi) is 7.73. The predicted molar refractivity (Wildman–Crippen MR) is 108 cm³/mol. The van der Waals surface area contributed by atoms with E-state index >= 15 is 0 Å². The largest absolute Gasteiger partial charge is 0.453 e. The zero-order chi connectivity index (χ0) is 20.1. The first-order chi connectivity index (χ1) is 12.7. The lowest BCUT2D eigenvalue weighted by molar-refractivity contribution is -0.153. The standard InChI is InChI=1S/C17H17Cl3N2O4S/c1-9-8-27-17(25)22(9)5-3-4-14(23)26-10(2)16(24)21-15-12(19)6-11(18)7-13(15)20/h6-8,10H,3-5H2,1-2H3,(H,21,24)/t10-/m0/s1. The topological polar surface area (TPSA) is 77.4 Å². The molecule has 1 N–H and O–H groups in total. The predicted octanol–water partition coefficient (Wildman–Crippen LogP) is 4.53. The number of anilines is 1. The van der Waals surface area contributed by atoms with Crippen LogP contribution in [-0.2, 0) is 20.9 Å². The summed E-state index contributed by atoms with van der Waals surface area (Å²) in [6.07, 6.45) is -0.521. The second-order valence-corrected chi connectivity index (χ2v) is 7.84. The van der Waals surface area contributed by atoms with Crippen molar-refractivity contribution >= 4 is 63.7 Å². The summed E-state index contributed by atoms with van der Waals surface area (Å²) in [6.45, 7) is 3.69. The molecule has 0 bridgehead atoms. The fourth-order valence-corrected chi connectivity index (χ4v) is 3.92. The minimum absolute atomic E-state index is 0.0645. The number of rotatable bonds is 7. The van der Waals surface area contributed by atoms with Crippen LogP contribution in [-0.4, -0.2) is 22.5 Å². The molecule has 0 aliphatic carbocycles. The Bertz CT molecular complexity index is 887. The SMILES string of the molecule is Cc1csc(=O)n1CCCC(=O)O[C@@H](C)C(=O)Nc1c(Cl)cc(Cl)cc1Cl. The van der Waals surface area contributed by atoms with Gasteiger partial charge >= 0.3 is 10.8 Å². The van der Waals surface area contributed by atoms with Crippen molar-refractivity contribution in [3.63, 3.8) is 0 Å². The Morgan fingerprint density at radius 2 is 1.89 bits per heavy atom. The van der Waals surface area contributed by atoms with E-state index in [1.54, 1.807) is 9.95 Å². The highest BCUT2D eigenvalue weighted by molar-refractivity contribution is 7.07. The van der Waals surface area contributed by atoms with E-state index in [0.29, 0.717) is 18.0 Å². The lowest BCUT2D eigenvalue weighted by Crippen LogP contribution is -2.30. The van der Waals surface area contributed by atoms with E-state index in [1.807, 2.05) is 6.92 Å². The van der Waals surface area contributed by atoms with Crippen molar-refractivity contribution in [3.8, 4) is 0 Å². The van der Waals surface area contributed by atoms with Crippen LogP contribution in [0.15, 0.2) is 22.3 Å². The minimum Gasteiger partial charge on any atom is -0.453 e.